The minimum absolute atomic E-state index is 0.500. The highest BCUT2D eigenvalue weighted by Crippen LogP contribution is 2.16. The molecular weight excluding hydrogens is 202 g/mol. The lowest BCUT2D eigenvalue weighted by Gasteiger charge is -2.07. The van der Waals surface area contributed by atoms with Crippen molar-refractivity contribution in [3.8, 4) is 11.8 Å². The van der Waals surface area contributed by atoms with Crippen molar-refractivity contribution in [2.45, 2.75) is 6.54 Å². The fourth-order valence-corrected chi connectivity index (χ4v) is 1.37. The number of nitriles is 1. The van der Waals surface area contributed by atoms with Gasteiger partial charge in [0.25, 0.3) is 0 Å². The van der Waals surface area contributed by atoms with Gasteiger partial charge in [0.2, 0.25) is 0 Å². The molecule has 0 radical (unpaired) electrons. The van der Waals surface area contributed by atoms with Crippen LogP contribution in [0.2, 0.25) is 0 Å². The third-order valence-corrected chi connectivity index (χ3v) is 2.14. The van der Waals surface area contributed by atoms with Crippen LogP contribution in [0.4, 0.5) is 0 Å². The molecule has 0 aliphatic carbocycles. The molecule has 4 nitrogen and oxygen atoms in total. The molecule has 0 bridgehead atoms. The fraction of sp³-hybridized carbons (Fsp3) is 0.167. The van der Waals surface area contributed by atoms with E-state index in [0.717, 1.165) is 0 Å². The van der Waals surface area contributed by atoms with Crippen LogP contribution in [0.1, 0.15) is 5.56 Å². The lowest BCUT2D eigenvalue weighted by Crippen LogP contribution is -2.08. The fourth-order valence-electron chi connectivity index (χ4n) is 1.37. The first-order chi connectivity index (χ1) is 7.90. The zero-order valence-electron chi connectivity index (χ0n) is 8.71. The Balaban J connectivity index is 1.93. The van der Waals surface area contributed by atoms with Gasteiger partial charge in [-0.05, 0) is 18.2 Å². The van der Waals surface area contributed by atoms with Crippen LogP contribution in [0.15, 0.2) is 42.7 Å². The molecule has 1 aromatic carbocycles. The second kappa shape index (κ2) is 4.99. The minimum Gasteiger partial charge on any atom is -0.490 e. The molecule has 0 amide bonds. The predicted molar refractivity (Wildman–Crippen MR) is 58.9 cm³/mol. The molecule has 4 heteroatoms. The van der Waals surface area contributed by atoms with Gasteiger partial charge >= 0.3 is 0 Å². The summed E-state index contributed by atoms with van der Waals surface area (Å²) in [6.07, 6.45) is 3.60. The molecule has 0 fully saturated rings. The molecule has 0 saturated carbocycles. The Morgan fingerprint density at radius 1 is 1.31 bits per heavy atom. The molecular formula is C12H11N3O. The van der Waals surface area contributed by atoms with E-state index in [4.69, 9.17) is 10.00 Å². The van der Waals surface area contributed by atoms with Crippen molar-refractivity contribution in [2.75, 3.05) is 6.61 Å². The normalized spacial score (nSPS) is 9.69. The Kier molecular flexibility index (Phi) is 3.19. The Bertz CT molecular complexity index is 485. The third kappa shape index (κ3) is 2.39. The van der Waals surface area contributed by atoms with E-state index < -0.39 is 0 Å². The van der Waals surface area contributed by atoms with Gasteiger partial charge in [0.05, 0.1) is 12.1 Å². The number of hydrogen-bond donors (Lipinski definition) is 0. The van der Waals surface area contributed by atoms with Crippen LogP contribution in [0.25, 0.3) is 0 Å². The van der Waals surface area contributed by atoms with Gasteiger partial charge in [0.15, 0.2) is 0 Å². The summed E-state index contributed by atoms with van der Waals surface area (Å²) in [5.41, 5.74) is 0.558. The maximum Gasteiger partial charge on any atom is 0.137 e. The monoisotopic (exact) mass is 213 g/mol. The van der Waals surface area contributed by atoms with Crippen molar-refractivity contribution in [3.63, 3.8) is 0 Å². The van der Waals surface area contributed by atoms with Gasteiger partial charge in [-0.1, -0.05) is 12.1 Å². The first-order valence-electron chi connectivity index (χ1n) is 4.99. The van der Waals surface area contributed by atoms with Crippen molar-refractivity contribution in [2.24, 2.45) is 0 Å². The molecule has 1 heterocycles. The summed E-state index contributed by atoms with van der Waals surface area (Å²) in [4.78, 5) is 0. The Morgan fingerprint density at radius 2 is 2.19 bits per heavy atom. The van der Waals surface area contributed by atoms with Crippen LogP contribution in [-0.2, 0) is 6.54 Å². The van der Waals surface area contributed by atoms with E-state index in [2.05, 4.69) is 11.2 Å². The van der Waals surface area contributed by atoms with Crippen molar-refractivity contribution >= 4 is 0 Å². The predicted octanol–water partition coefficient (Wildman–Crippen LogP) is 1.83. The lowest BCUT2D eigenvalue weighted by molar-refractivity contribution is 0.290. The third-order valence-electron chi connectivity index (χ3n) is 2.14. The first-order valence-corrected chi connectivity index (χ1v) is 4.99. The Morgan fingerprint density at radius 3 is 2.94 bits per heavy atom. The van der Waals surface area contributed by atoms with Crippen LogP contribution in [0.3, 0.4) is 0 Å². The van der Waals surface area contributed by atoms with E-state index in [1.165, 1.54) is 0 Å². The van der Waals surface area contributed by atoms with Gasteiger partial charge in [0.1, 0.15) is 18.4 Å². The van der Waals surface area contributed by atoms with E-state index in [9.17, 15) is 0 Å². The molecule has 16 heavy (non-hydrogen) atoms. The second-order valence-electron chi connectivity index (χ2n) is 3.23. The summed E-state index contributed by atoms with van der Waals surface area (Å²) >= 11 is 0. The highest BCUT2D eigenvalue weighted by molar-refractivity contribution is 5.42. The Hall–Kier alpha value is -2.28. The molecule has 0 unspecified atom stereocenters. The van der Waals surface area contributed by atoms with E-state index >= 15 is 0 Å². The summed E-state index contributed by atoms with van der Waals surface area (Å²) in [6, 6.07) is 11.2. The van der Waals surface area contributed by atoms with Gasteiger partial charge in [-0.25, -0.2) is 0 Å². The largest absolute Gasteiger partial charge is 0.490 e. The Labute approximate surface area is 93.7 Å². The van der Waals surface area contributed by atoms with Crippen molar-refractivity contribution in [3.05, 3.63) is 48.3 Å². The molecule has 2 aromatic rings. The highest BCUT2D eigenvalue weighted by atomic mass is 16.5. The van der Waals surface area contributed by atoms with Gasteiger partial charge < -0.3 is 4.74 Å². The molecule has 0 atom stereocenters. The molecule has 0 spiro atoms. The van der Waals surface area contributed by atoms with Crippen LogP contribution >= 0.6 is 0 Å². The number of aromatic nitrogens is 2. The summed E-state index contributed by atoms with van der Waals surface area (Å²) in [5, 5.41) is 12.9. The number of rotatable bonds is 4. The van der Waals surface area contributed by atoms with E-state index in [-0.39, 0.29) is 0 Å². The van der Waals surface area contributed by atoms with Crippen molar-refractivity contribution < 1.29 is 4.74 Å². The average Bonchev–Trinajstić information content (AvgIpc) is 2.83. The molecule has 0 N–H and O–H groups in total. The molecule has 2 rings (SSSR count). The number of hydrogen-bond acceptors (Lipinski definition) is 3. The maximum atomic E-state index is 8.85. The maximum absolute atomic E-state index is 8.85. The summed E-state index contributed by atoms with van der Waals surface area (Å²) in [5.74, 6) is 0.622. The molecule has 0 saturated heterocycles. The smallest absolute Gasteiger partial charge is 0.137 e. The number of benzene rings is 1. The average molecular weight is 213 g/mol. The lowest BCUT2D eigenvalue weighted by atomic mass is 10.2. The molecule has 80 valence electrons. The summed E-state index contributed by atoms with van der Waals surface area (Å²) < 4.78 is 7.30. The van der Waals surface area contributed by atoms with Crippen molar-refractivity contribution in [1.29, 1.82) is 5.26 Å². The number of para-hydroxylation sites is 1. The second-order valence-corrected chi connectivity index (χ2v) is 3.23. The highest BCUT2D eigenvalue weighted by Gasteiger charge is 2.00. The summed E-state index contributed by atoms with van der Waals surface area (Å²) in [7, 11) is 0. The number of nitrogens with zero attached hydrogens (tertiary/aromatic N) is 3. The topological polar surface area (TPSA) is 50.8 Å². The molecule has 0 aliphatic heterocycles. The van der Waals surface area contributed by atoms with Crippen LogP contribution in [0, 0.1) is 11.3 Å². The summed E-state index contributed by atoms with van der Waals surface area (Å²) in [6.45, 7) is 1.17. The number of ether oxygens (including phenoxy) is 1. The van der Waals surface area contributed by atoms with E-state index in [1.54, 1.807) is 23.0 Å². The van der Waals surface area contributed by atoms with Crippen LogP contribution < -0.4 is 4.74 Å². The van der Waals surface area contributed by atoms with Gasteiger partial charge in [-0.15, -0.1) is 0 Å². The zero-order chi connectivity index (χ0) is 11.2. The van der Waals surface area contributed by atoms with Crippen LogP contribution in [0.5, 0.6) is 5.75 Å². The van der Waals surface area contributed by atoms with Gasteiger partial charge in [0, 0.05) is 12.4 Å². The minimum atomic E-state index is 0.500. The quantitative estimate of drug-likeness (QED) is 0.778. The van der Waals surface area contributed by atoms with E-state index in [0.29, 0.717) is 24.5 Å². The zero-order valence-corrected chi connectivity index (χ0v) is 8.71. The molecule has 0 aliphatic rings. The van der Waals surface area contributed by atoms with E-state index in [1.807, 2.05) is 24.4 Å². The van der Waals surface area contributed by atoms with Crippen LogP contribution in [-0.4, -0.2) is 16.4 Å². The SMILES string of the molecule is N#Cc1ccccc1OCCn1cccn1. The standard InChI is InChI=1S/C12H11N3O/c13-10-11-4-1-2-5-12(11)16-9-8-15-7-3-6-14-15/h1-7H,8-9H2. The van der Waals surface area contributed by atoms with Gasteiger partial charge in [-0.2, -0.15) is 10.4 Å². The molecule has 1 aromatic heterocycles. The first kappa shape index (κ1) is 10.2. The van der Waals surface area contributed by atoms with Gasteiger partial charge in [-0.3, -0.25) is 4.68 Å². The van der Waals surface area contributed by atoms with Crippen molar-refractivity contribution in [1.82, 2.24) is 9.78 Å².